The maximum atomic E-state index is 12.8. The van der Waals surface area contributed by atoms with Crippen LogP contribution in [0, 0.1) is 5.92 Å². The van der Waals surface area contributed by atoms with Gasteiger partial charge in [-0.2, -0.15) is 4.52 Å². The molecule has 5 heteroatoms. The van der Waals surface area contributed by atoms with Crippen LogP contribution in [0.15, 0.2) is 30.0 Å². The predicted octanol–water partition coefficient (Wildman–Crippen LogP) is 2.82. The van der Waals surface area contributed by atoms with Gasteiger partial charge in [-0.3, -0.25) is 0 Å². The molecule has 3 rings (SSSR count). The van der Waals surface area contributed by atoms with Crippen LogP contribution in [0.5, 0.6) is 0 Å². The van der Waals surface area contributed by atoms with Crippen molar-refractivity contribution in [3.8, 4) is 0 Å². The van der Waals surface area contributed by atoms with Gasteiger partial charge in [0, 0.05) is 11.5 Å². The fourth-order valence-corrected chi connectivity index (χ4v) is 4.47. The second kappa shape index (κ2) is 4.50. The lowest BCUT2D eigenvalue weighted by Crippen LogP contribution is -2.32. The molecule has 2 aliphatic rings. The smallest absolute Gasteiger partial charge is 0.318 e. The molecule has 0 amide bonds. The van der Waals surface area contributed by atoms with Crippen LogP contribution in [-0.4, -0.2) is 6.61 Å². The third-order valence-electron chi connectivity index (χ3n) is 3.12. The number of halogens is 1. The minimum Gasteiger partial charge on any atom is -0.620 e. The van der Waals surface area contributed by atoms with E-state index in [0.717, 1.165) is 18.4 Å². The van der Waals surface area contributed by atoms with E-state index in [2.05, 4.69) is 0 Å². The first-order valence-corrected chi connectivity index (χ1v) is 8.01. The summed E-state index contributed by atoms with van der Waals surface area (Å²) >= 11 is 6.35. The van der Waals surface area contributed by atoms with Crippen LogP contribution < -0.4 is 10.2 Å². The Hall–Kier alpha value is -0.600. The van der Waals surface area contributed by atoms with E-state index in [1.54, 1.807) is 6.07 Å². The van der Waals surface area contributed by atoms with Crippen molar-refractivity contribution in [1.82, 2.24) is 0 Å². The highest BCUT2D eigenvalue weighted by molar-refractivity contribution is 7.67. The number of allylic oxidation sites excluding steroid dienone is 1. The average molecular weight is 285 g/mol. The van der Waals surface area contributed by atoms with Gasteiger partial charge >= 0.3 is 7.94 Å². The molecule has 0 radical (unpaired) electrons. The maximum absolute atomic E-state index is 12.8. The molecule has 0 aromatic heterocycles. The van der Waals surface area contributed by atoms with Crippen LogP contribution in [-0.2, 0) is 9.05 Å². The second-order valence-corrected chi connectivity index (χ2v) is 6.77. The summed E-state index contributed by atoms with van der Waals surface area (Å²) in [5.41, 5.74) is 0.782. The van der Waals surface area contributed by atoms with Gasteiger partial charge in [0.2, 0.25) is 0 Å². The molecular formula is C13H14ClO3P. The van der Waals surface area contributed by atoms with E-state index in [4.69, 9.17) is 20.6 Å². The summed E-state index contributed by atoms with van der Waals surface area (Å²) in [5, 5.41) is 1.15. The molecule has 0 spiro atoms. The molecule has 0 bridgehead atoms. The Labute approximate surface area is 112 Å². The zero-order valence-corrected chi connectivity index (χ0v) is 11.7. The van der Waals surface area contributed by atoms with Gasteiger partial charge in [-0.1, -0.05) is 23.7 Å². The molecule has 96 valence electrons. The molecule has 1 aliphatic carbocycles. The number of hydrogen-bond acceptors (Lipinski definition) is 3. The SMILES string of the molecule is CCO[P+]1([O-])OC(C2CC2)=C(Cl)c2ccccc21. The molecule has 1 atom stereocenters. The third-order valence-corrected chi connectivity index (χ3v) is 5.52. The van der Waals surface area contributed by atoms with Crippen LogP contribution in [0.1, 0.15) is 25.3 Å². The number of fused-ring (bicyclic) bond motifs is 1. The third kappa shape index (κ3) is 1.96. The Morgan fingerprint density at radius 1 is 1.44 bits per heavy atom. The second-order valence-electron chi connectivity index (χ2n) is 4.48. The van der Waals surface area contributed by atoms with E-state index >= 15 is 0 Å². The lowest BCUT2D eigenvalue weighted by molar-refractivity contribution is -0.210. The Kier molecular flexibility index (Phi) is 3.11. The van der Waals surface area contributed by atoms with Gasteiger partial charge in [-0.25, -0.2) is 0 Å². The quantitative estimate of drug-likeness (QED) is 0.802. The lowest BCUT2D eigenvalue weighted by atomic mass is 10.1. The van der Waals surface area contributed by atoms with Crippen molar-refractivity contribution in [1.29, 1.82) is 0 Å². The van der Waals surface area contributed by atoms with Crippen molar-refractivity contribution in [3.63, 3.8) is 0 Å². The van der Waals surface area contributed by atoms with Gasteiger partial charge in [0.05, 0.1) is 11.6 Å². The van der Waals surface area contributed by atoms with Crippen molar-refractivity contribution in [2.24, 2.45) is 5.92 Å². The van der Waals surface area contributed by atoms with E-state index in [9.17, 15) is 4.89 Å². The standard InChI is InChI=1S/C13H14ClO3P/c1-2-16-18(15)11-6-4-3-5-10(11)12(14)13(17-18)9-7-8-9/h3-6,9H,2,7-8H2,1H3. The van der Waals surface area contributed by atoms with E-state index in [1.165, 1.54) is 0 Å². The summed E-state index contributed by atoms with van der Waals surface area (Å²) in [6.45, 7) is 2.16. The van der Waals surface area contributed by atoms with Crippen LogP contribution in [0.25, 0.3) is 5.03 Å². The van der Waals surface area contributed by atoms with E-state index in [1.807, 2.05) is 25.1 Å². The van der Waals surface area contributed by atoms with Crippen molar-refractivity contribution in [3.05, 3.63) is 35.6 Å². The van der Waals surface area contributed by atoms with Gasteiger partial charge in [-0.15, -0.1) is 0 Å². The van der Waals surface area contributed by atoms with E-state index in [0.29, 0.717) is 28.6 Å². The summed E-state index contributed by atoms with van der Waals surface area (Å²) in [6, 6.07) is 7.33. The molecule has 1 heterocycles. The molecule has 1 aromatic rings. The molecule has 18 heavy (non-hydrogen) atoms. The van der Waals surface area contributed by atoms with Gasteiger partial charge in [0.25, 0.3) is 0 Å². The predicted molar refractivity (Wildman–Crippen MR) is 71.2 cm³/mol. The Bertz CT molecular complexity index is 513. The first-order chi connectivity index (χ1) is 8.65. The van der Waals surface area contributed by atoms with Gasteiger partial charge in [0.1, 0.15) is 0 Å². The topological polar surface area (TPSA) is 41.5 Å². The highest BCUT2D eigenvalue weighted by atomic mass is 35.5. The summed E-state index contributed by atoms with van der Waals surface area (Å²) < 4.78 is 11.1. The fraction of sp³-hybridized carbons (Fsp3) is 0.385. The van der Waals surface area contributed by atoms with Crippen molar-refractivity contribution < 1.29 is 13.9 Å². The molecule has 1 aromatic carbocycles. The normalized spacial score (nSPS) is 26.8. The fourth-order valence-electron chi connectivity index (χ4n) is 2.11. The van der Waals surface area contributed by atoms with E-state index in [-0.39, 0.29) is 0 Å². The summed E-state index contributed by atoms with van der Waals surface area (Å²) in [5.74, 6) is 0.951. The van der Waals surface area contributed by atoms with Crippen LogP contribution in [0.3, 0.4) is 0 Å². The highest BCUT2D eigenvalue weighted by Gasteiger charge is 2.47. The number of hydrogen-bond donors (Lipinski definition) is 0. The van der Waals surface area contributed by atoms with E-state index < -0.39 is 7.94 Å². The summed E-state index contributed by atoms with van der Waals surface area (Å²) in [6.07, 6.45) is 2.08. The minimum atomic E-state index is -3.25. The number of rotatable bonds is 3. The Morgan fingerprint density at radius 3 is 2.83 bits per heavy atom. The Balaban J connectivity index is 2.12. The number of benzene rings is 1. The molecule has 1 unspecified atom stereocenters. The molecule has 0 saturated heterocycles. The van der Waals surface area contributed by atoms with Crippen LogP contribution in [0.2, 0.25) is 0 Å². The van der Waals surface area contributed by atoms with Crippen molar-refractivity contribution in [2.75, 3.05) is 6.61 Å². The first-order valence-electron chi connectivity index (χ1n) is 6.09. The highest BCUT2D eigenvalue weighted by Crippen LogP contribution is 2.61. The zero-order chi connectivity index (χ0) is 12.8. The van der Waals surface area contributed by atoms with Crippen LogP contribution >= 0.6 is 19.5 Å². The minimum absolute atomic E-state index is 0.305. The average Bonchev–Trinajstić information content (AvgIpc) is 3.19. The van der Waals surface area contributed by atoms with Crippen molar-refractivity contribution >= 4 is 29.9 Å². The van der Waals surface area contributed by atoms with Gasteiger partial charge < -0.3 is 9.42 Å². The molecule has 1 fully saturated rings. The zero-order valence-electron chi connectivity index (χ0n) is 10.1. The monoisotopic (exact) mass is 284 g/mol. The molecule has 3 nitrogen and oxygen atoms in total. The molecule has 0 N–H and O–H groups in total. The molecular weight excluding hydrogens is 271 g/mol. The molecule has 1 aliphatic heterocycles. The Morgan fingerprint density at radius 2 is 2.17 bits per heavy atom. The maximum Gasteiger partial charge on any atom is 0.318 e. The van der Waals surface area contributed by atoms with Crippen molar-refractivity contribution in [2.45, 2.75) is 19.8 Å². The lowest BCUT2D eigenvalue weighted by Gasteiger charge is -2.32. The largest absolute Gasteiger partial charge is 0.620 e. The van der Waals surface area contributed by atoms with Gasteiger partial charge in [0.15, 0.2) is 11.1 Å². The van der Waals surface area contributed by atoms with Gasteiger partial charge in [-0.05, 0) is 31.9 Å². The molecule has 1 saturated carbocycles. The first kappa shape index (κ1) is 12.4. The summed E-state index contributed by atoms with van der Waals surface area (Å²) in [4.78, 5) is 12.8. The summed E-state index contributed by atoms with van der Waals surface area (Å²) in [7, 11) is -3.25. The van der Waals surface area contributed by atoms with Crippen LogP contribution in [0.4, 0.5) is 0 Å².